The number of nitrogens with zero attached hydrogens (tertiary/aromatic N) is 2. The largest absolute Gasteiger partial charge is 0.481 e. The number of thiazole rings is 1. The van der Waals surface area contributed by atoms with Gasteiger partial charge in [0.15, 0.2) is 6.10 Å². The molecule has 1 aliphatic heterocycles. The molecule has 10 heteroatoms. The number of carbonyl (C=O) groups excluding carboxylic acids is 1. The van der Waals surface area contributed by atoms with E-state index in [0.717, 1.165) is 4.70 Å². The van der Waals surface area contributed by atoms with E-state index in [4.69, 9.17) is 33.0 Å². The first-order valence-electron chi connectivity index (χ1n) is 8.05. The summed E-state index contributed by atoms with van der Waals surface area (Å²) < 4.78 is 20.0. The number of aromatic nitrogens is 1. The minimum atomic E-state index is -1.21. The third kappa shape index (κ3) is 3.50. The molecule has 0 fully saturated rings. The molecule has 1 amide bonds. The van der Waals surface area contributed by atoms with E-state index in [0.29, 0.717) is 20.6 Å². The molecule has 1 atom stereocenters. The van der Waals surface area contributed by atoms with E-state index in [2.05, 4.69) is 4.98 Å². The minimum absolute atomic E-state index is 0.0159. The van der Waals surface area contributed by atoms with E-state index in [1.165, 1.54) is 34.4 Å². The van der Waals surface area contributed by atoms with Gasteiger partial charge in [0.2, 0.25) is 0 Å². The van der Waals surface area contributed by atoms with Gasteiger partial charge >= 0.3 is 5.97 Å². The molecule has 0 spiro atoms. The monoisotopic (exact) mass is 440 g/mol. The smallest absolute Gasteiger partial charge is 0.307 e. The molecule has 2 heterocycles. The highest BCUT2D eigenvalue weighted by Crippen LogP contribution is 2.38. The third-order valence-electron chi connectivity index (χ3n) is 4.13. The Hall–Kier alpha value is -2.42. The van der Waals surface area contributed by atoms with Crippen LogP contribution in [0.25, 0.3) is 10.2 Å². The van der Waals surface area contributed by atoms with E-state index >= 15 is 0 Å². The SMILES string of the molecule is O=C(O)CC1Oc2ccc(F)cc2N(Cc2nc3c(Cl)cc(Cl)cc3s2)C1=O. The zero-order valence-corrected chi connectivity index (χ0v) is 16.3. The van der Waals surface area contributed by atoms with Crippen LogP contribution >= 0.6 is 34.5 Å². The van der Waals surface area contributed by atoms with Crippen LogP contribution in [0.5, 0.6) is 5.75 Å². The molecule has 0 saturated heterocycles. The first-order valence-corrected chi connectivity index (χ1v) is 9.63. The van der Waals surface area contributed by atoms with Gasteiger partial charge in [-0.1, -0.05) is 23.2 Å². The lowest BCUT2D eigenvalue weighted by molar-refractivity contribution is -0.142. The number of amides is 1. The molecule has 4 rings (SSSR count). The Balaban J connectivity index is 1.74. The average Bonchev–Trinajstić information content (AvgIpc) is 3.01. The third-order valence-corrected chi connectivity index (χ3v) is 5.63. The number of aliphatic carboxylic acids is 1. The van der Waals surface area contributed by atoms with Crippen LogP contribution in [0.15, 0.2) is 30.3 Å². The highest BCUT2D eigenvalue weighted by molar-refractivity contribution is 7.18. The molecule has 3 aromatic rings. The standard InChI is InChI=1S/C18H11Cl2FN2O4S/c19-8-3-10(20)17-14(4-8)28-15(22-17)7-23-11-5-9(21)1-2-12(11)27-13(18(23)26)6-16(24)25/h1-5,13H,6-7H2,(H,24,25). The maximum absolute atomic E-state index is 13.8. The molecule has 6 nitrogen and oxygen atoms in total. The lowest BCUT2D eigenvalue weighted by Crippen LogP contribution is -2.46. The van der Waals surface area contributed by atoms with Crippen LogP contribution in [0.4, 0.5) is 10.1 Å². The first-order chi connectivity index (χ1) is 13.3. The van der Waals surface area contributed by atoms with E-state index in [1.54, 1.807) is 12.1 Å². The topological polar surface area (TPSA) is 79.7 Å². The highest BCUT2D eigenvalue weighted by Gasteiger charge is 2.36. The number of anilines is 1. The summed E-state index contributed by atoms with van der Waals surface area (Å²) in [6, 6.07) is 7.01. The van der Waals surface area contributed by atoms with Crippen molar-refractivity contribution in [1.82, 2.24) is 4.98 Å². The number of carbonyl (C=O) groups is 2. The molecule has 28 heavy (non-hydrogen) atoms. The Labute approximate surface area is 172 Å². The summed E-state index contributed by atoms with van der Waals surface area (Å²) in [6.45, 7) is 0.0159. The lowest BCUT2D eigenvalue weighted by Gasteiger charge is -2.33. The zero-order valence-electron chi connectivity index (χ0n) is 14.0. The van der Waals surface area contributed by atoms with E-state index in [1.807, 2.05) is 0 Å². The van der Waals surface area contributed by atoms with Crippen LogP contribution in [-0.2, 0) is 16.1 Å². The van der Waals surface area contributed by atoms with Crippen molar-refractivity contribution in [3.63, 3.8) is 0 Å². The van der Waals surface area contributed by atoms with Crippen molar-refractivity contribution in [1.29, 1.82) is 0 Å². The second kappa shape index (κ2) is 7.20. The van der Waals surface area contributed by atoms with Crippen molar-refractivity contribution in [2.24, 2.45) is 0 Å². The molecule has 1 aliphatic rings. The van der Waals surface area contributed by atoms with Crippen LogP contribution in [-0.4, -0.2) is 28.1 Å². The quantitative estimate of drug-likeness (QED) is 0.645. The predicted octanol–water partition coefficient (Wildman–Crippen LogP) is 4.51. The van der Waals surface area contributed by atoms with Gasteiger partial charge in [0.05, 0.1) is 28.4 Å². The Kier molecular flexibility index (Phi) is 4.86. The van der Waals surface area contributed by atoms with Crippen molar-refractivity contribution in [2.45, 2.75) is 19.1 Å². The van der Waals surface area contributed by atoms with Crippen LogP contribution in [0, 0.1) is 5.82 Å². The van der Waals surface area contributed by atoms with E-state index in [9.17, 15) is 14.0 Å². The Morgan fingerprint density at radius 1 is 1.32 bits per heavy atom. The maximum Gasteiger partial charge on any atom is 0.307 e. The van der Waals surface area contributed by atoms with Gasteiger partial charge in [-0.3, -0.25) is 14.5 Å². The molecule has 1 unspecified atom stereocenters. The van der Waals surface area contributed by atoms with E-state index in [-0.39, 0.29) is 18.0 Å². The molecule has 2 aromatic carbocycles. The molecular formula is C18H11Cl2FN2O4S. The predicted molar refractivity (Wildman–Crippen MR) is 104 cm³/mol. The molecular weight excluding hydrogens is 430 g/mol. The number of benzene rings is 2. The maximum atomic E-state index is 13.8. The normalized spacial score (nSPS) is 16.2. The summed E-state index contributed by atoms with van der Waals surface area (Å²) in [5.74, 6) is -2.07. The lowest BCUT2D eigenvalue weighted by atomic mass is 10.1. The number of rotatable bonds is 4. The van der Waals surface area contributed by atoms with Crippen molar-refractivity contribution in [3.8, 4) is 5.75 Å². The molecule has 0 bridgehead atoms. The molecule has 0 aliphatic carbocycles. The molecule has 144 valence electrons. The van der Waals surface area contributed by atoms with Crippen molar-refractivity contribution < 1.29 is 23.8 Å². The average molecular weight is 441 g/mol. The summed E-state index contributed by atoms with van der Waals surface area (Å²) in [5.41, 5.74) is 0.767. The van der Waals surface area contributed by atoms with Gasteiger partial charge in [-0.25, -0.2) is 9.37 Å². The molecule has 0 radical (unpaired) electrons. The van der Waals surface area contributed by atoms with E-state index < -0.39 is 30.2 Å². The van der Waals surface area contributed by atoms with Crippen LogP contribution in [0.1, 0.15) is 11.4 Å². The summed E-state index contributed by atoms with van der Waals surface area (Å²) in [5, 5.41) is 10.4. The molecule has 1 N–H and O–H groups in total. The summed E-state index contributed by atoms with van der Waals surface area (Å²) in [4.78, 5) is 29.6. The Morgan fingerprint density at radius 2 is 2.11 bits per heavy atom. The fourth-order valence-electron chi connectivity index (χ4n) is 2.95. The van der Waals surface area contributed by atoms with Crippen molar-refractivity contribution >= 4 is 62.3 Å². The summed E-state index contributed by atoms with van der Waals surface area (Å²) >= 11 is 13.5. The van der Waals surface area contributed by atoms with Gasteiger partial charge in [-0.05, 0) is 24.3 Å². The van der Waals surface area contributed by atoms with Crippen molar-refractivity contribution in [3.05, 3.63) is 51.2 Å². The summed E-state index contributed by atoms with van der Waals surface area (Å²) in [6.07, 6.45) is -1.71. The number of fused-ring (bicyclic) bond motifs is 2. The number of hydrogen-bond donors (Lipinski definition) is 1. The van der Waals surface area contributed by atoms with Gasteiger partial charge in [0.1, 0.15) is 22.1 Å². The zero-order chi connectivity index (χ0) is 20.0. The molecule has 0 saturated carbocycles. The highest BCUT2D eigenvalue weighted by atomic mass is 35.5. The van der Waals surface area contributed by atoms with Crippen molar-refractivity contribution in [2.75, 3.05) is 4.90 Å². The number of halogens is 3. The second-order valence-corrected chi connectivity index (χ2v) is 8.04. The van der Waals surface area contributed by atoms with Gasteiger partial charge < -0.3 is 9.84 Å². The Bertz CT molecular complexity index is 1120. The second-order valence-electron chi connectivity index (χ2n) is 6.08. The number of ether oxygens (including phenoxy) is 1. The first kappa shape index (κ1) is 18.9. The number of carboxylic acid groups (broad SMARTS) is 1. The van der Waals surface area contributed by atoms with Gasteiger partial charge in [0, 0.05) is 11.1 Å². The van der Waals surface area contributed by atoms with Gasteiger partial charge in [0.25, 0.3) is 5.91 Å². The number of hydrogen-bond acceptors (Lipinski definition) is 5. The summed E-state index contributed by atoms with van der Waals surface area (Å²) in [7, 11) is 0. The Morgan fingerprint density at radius 3 is 2.86 bits per heavy atom. The van der Waals surface area contributed by atoms with Crippen LogP contribution in [0.2, 0.25) is 10.0 Å². The van der Waals surface area contributed by atoms with Gasteiger partial charge in [-0.2, -0.15) is 0 Å². The fraction of sp³-hybridized carbons (Fsp3) is 0.167. The fourth-order valence-corrected chi connectivity index (χ4v) is 4.63. The minimum Gasteiger partial charge on any atom is -0.481 e. The van der Waals surface area contributed by atoms with Crippen LogP contribution < -0.4 is 9.64 Å². The molecule has 1 aromatic heterocycles. The van der Waals surface area contributed by atoms with Gasteiger partial charge in [-0.15, -0.1) is 11.3 Å². The van der Waals surface area contributed by atoms with Crippen LogP contribution in [0.3, 0.4) is 0 Å². The number of carboxylic acids is 1.